The Hall–Kier alpha value is -3.39. The summed E-state index contributed by atoms with van der Waals surface area (Å²) in [4.78, 5) is 27.7. The zero-order valence-electron chi connectivity index (χ0n) is 15.1. The first-order chi connectivity index (χ1) is 13.6. The van der Waals surface area contributed by atoms with Crippen LogP contribution in [0.3, 0.4) is 0 Å². The van der Waals surface area contributed by atoms with Gasteiger partial charge in [0.25, 0.3) is 5.91 Å². The standard InChI is InChI=1S/C20H18N2O5S/c1-25-15-8-6-13(7-9-15)20-22-14(12-28-20)10-27-18(23)11-26-17-5-3-2-4-16(17)19(21)24/h2-9,12H,10-11H2,1H3,(H2,21,24). The van der Waals surface area contributed by atoms with Gasteiger partial charge in [0.1, 0.15) is 23.1 Å². The summed E-state index contributed by atoms with van der Waals surface area (Å²) in [6.45, 7) is -0.300. The van der Waals surface area contributed by atoms with E-state index >= 15 is 0 Å². The molecule has 0 bridgehead atoms. The fourth-order valence-corrected chi connectivity index (χ4v) is 3.18. The van der Waals surface area contributed by atoms with Crippen LogP contribution in [0.15, 0.2) is 53.9 Å². The summed E-state index contributed by atoms with van der Waals surface area (Å²) >= 11 is 1.46. The van der Waals surface area contributed by atoms with Gasteiger partial charge in [-0.2, -0.15) is 0 Å². The maximum absolute atomic E-state index is 11.9. The second-order valence-corrected chi connectivity index (χ2v) is 6.54. The molecule has 0 atom stereocenters. The summed E-state index contributed by atoms with van der Waals surface area (Å²) in [5.74, 6) is -0.189. The lowest BCUT2D eigenvalue weighted by atomic mass is 10.2. The highest BCUT2D eigenvalue weighted by atomic mass is 32.1. The number of ether oxygens (including phenoxy) is 3. The summed E-state index contributed by atoms with van der Waals surface area (Å²) in [6, 6.07) is 14.0. The van der Waals surface area contributed by atoms with E-state index in [2.05, 4.69) is 4.98 Å². The van der Waals surface area contributed by atoms with E-state index in [1.54, 1.807) is 25.3 Å². The number of thiazole rings is 1. The third kappa shape index (κ3) is 4.86. The second-order valence-electron chi connectivity index (χ2n) is 5.68. The number of hydrogen-bond acceptors (Lipinski definition) is 7. The molecule has 0 fully saturated rings. The molecule has 2 N–H and O–H groups in total. The number of primary amides is 1. The summed E-state index contributed by atoms with van der Waals surface area (Å²) in [5, 5.41) is 2.65. The Kier molecular flexibility index (Phi) is 6.23. The molecule has 0 spiro atoms. The maximum Gasteiger partial charge on any atom is 0.344 e. The number of methoxy groups -OCH3 is 1. The molecule has 0 aliphatic rings. The Labute approximate surface area is 165 Å². The van der Waals surface area contributed by atoms with Crippen LogP contribution in [0.2, 0.25) is 0 Å². The normalized spacial score (nSPS) is 10.3. The fourth-order valence-electron chi connectivity index (χ4n) is 2.37. The molecule has 2 aromatic carbocycles. The number of rotatable bonds is 8. The van der Waals surface area contributed by atoms with Gasteiger partial charge in [-0.05, 0) is 36.4 Å². The molecule has 1 amide bonds. The lowest BCUT2D eigenvalue weighted by Crippen LogP contribution is -2.18. The minimum atomic E-state index is -0.627. The van der Waals surface area contributed by atoms with E-state index in [0.29, 0.717) is 5.69 Å². The van der Waals surface area contributed by atoms with Gasteiger partial charge in [-0.15, -0.1) is 11.3 Å². The molecule has 3 rings (SSSR count). The number of hydrogen-bond donors (Lipinski definition) is 1. The highest BCUT2D eigenvalue weighted by Gasteiger charge is 2.12. The predicted molar refractivity (Wildman–Crippen MR) is 104 cm³/mol. The third-order valence-electron chi connectivity index (χ3n) is 3.77. The molecule has 7 nitrogen and oxygen atoms in total. The summed E-state index contributed by atoms with van der Waals surface area (Å²) in [7, 11) is 1.61. The largest absolute Gasteiger partial charge is 0.497 e. The number of esters is 1. The van der Waals surface area contributed by atoms with Gasteiger partial charge in [-0.1, -0.05) is 12.1 Å². The Bertz CT molecular complexity index is 969. The molecule has 0 saturated carbocycles. The third-order valence-corrected chi connectivity index (χ3v) is 4.71. The van der Waals surface area contributed by atoms with Gasteiger partial charge in [0.15, 0.2) is 6.61 Å². The van der Waals surface area contributed by atoms with Crippen molar-refractivity contribution < 1.29 is 23.8 Å². The van der Waals surface area contributed by atoms with Crippen LogP contribution >= 0.6 is 11.3 Å². The quantitative estimate of drug-likeness (QED) is 0.585. The summed E-state index contributed by atoms with van der Waals surface area (Å²) < 4.78 is 15.7. The van der Waals surface area contributed by atoms with Crippen LogP contribution in [0, 0.1) is 0 Å². The fraction of sp³-hybridized carbons (Fsp3) is 0.150. The smallest absolute Gasteiger partial charge is 0.344 e. The van der Waals surface area contributed by atoms with E-state index in [-0.39, 0.29) is 24.5 Å². The number of nitrogens with two attached hydrogens (primary N) is 1. The Morgan fingerprint density at radius 1 is 1.11 bits per heavy atom. The van der Waals surface area contributed by atoms with Gasteiger partial charge in [0, 0.05) is 10.9 Å². The molecule has 8 heteroatoms. The van der Waals surface area contributed by atoms with Crippen LogP contribution < -0.4 is 15.2 Å². The van der Waals surface area contributed by atoms with Crippen molar-refractivity contribution in [2.75, 3.05) is 13.7 Å². The number of aromatic nitrogens is 1. The molecule has 1 heterocycles. The number of amides is 1. The van der Waals surface area contributed by atoms with Crippen LogP contribution in [-0.4, -0.2) is 30.6 Å². The minimum Gasteiger partial charge on any atom is -0.497 e. The molecule has 0 radical (unpaired) electrons. The van der Waals surface area contributed by atoms with E-state index in [1.807, 2.05) is 29.6 Å². The Morgan fingerprint density at radius 2 is 1.86 bits per heavy atom. The highest BCUT2D eigenvalue weighted by molar-refractivity contribution is 7.13. The second kappa shape index (κ2) is 9.01. The van der Waals surface area contributed by atoms with E-state index in [9.17, 15) is 9.59 Å². The number of benzene rings is 2. The first-order valence-corrected chi connectivity index (χ1v) is 9.21. The van der Waals surface area contributed by atoms with Gasteiger partial charge in [0.2, 0.25) is 0 Å². The van der Waals surface area contributed by atoms with E-state index < -0.39 is 11.9 Å². The van der Waals surface area contributed by atoms with Crippen LogP contribution in [0.5, 0.6) is 11.5 Å². The zero-order chi connectivity index (χ0) is 19.9. The Morgan fingerprint density at radius 3 is 2.57 bits per heavy atom. The van der Waals surface area contributed by atoms with Crippen molar-refractivity contribution in [1.82, 2.24) is 4.98 Å². The van der Waals surface area contributed by atoms with Crippen LogP contribution in [-0.2, 0) is 16.1 Å². The van der Waals surface area contributed by atoms with Crippen molar-refractivity contribution in [2.24, 2.45) is 5.73 Å². The van der Waals surface area contributed by atoms with Crippen molar-refractivity contribution in [3.05, 3.63) is 65.2 Å². The van der Waals surface area contributed by atoms with E-state index in [4.69, 9.17) is 19.9 Å². The van der Waals surface area contributed by atoms with Gasteiger partial charge < -0.3 is 19.9 Å². The summed E-state index contributed by atoms with van der Waals surface area (Å²) in [6.07, 6.45) is 0. The molecular formula is C20H18N2O5S. The average molecular weight is 398 g/mol. The number of nitrogens with zero attached hydrogens (tertiary/aromatic N) is 1. The first-order valence-electron chi connectivity index (χ1n) is 8.33. The van der Waals surface area contributed by atoms with Crippen molar-refractivity contribution in [3.63, 3.8) is 0 Å². The van der Waals surface area contributed by atoms with Crippen molar-refractivity contribution in [2.45, 2.75) is 6.61 Å². The van der Waals surface area contributed by atoms with Crippen LogP contribution in [0.25, 0.3) is 10.6 Å². The zero-order valence-corrected chi connectivity index (χ0v) is 15.9. The number of para-hydroxylation sites is 1. The summed E-state index contributed by atoms with van der Waals surface area (Å²) in [5.41, 5.74) is 7.07. The maximum atomic E-state index is 11.9. The Balaban J connectivity index is 1.52. The van der Waals surface area contributed by atoms with Crippen molar-refractivity contribution >= 4 is 23.2 Å². The number of carbonyl (C=O) groups is 2. The van der Waals surface area contributed by atoms with Crippen LogP contribution in [0.4, 0.5) is 0 Å². The van der Waals surface area contributed by atoms with Gasteiger partial charge in [-0.3, -0.25) is 4.79 Å². The molecule has 1 aromatic heterocycles. The number of carbonyl (C=O) groups excluding carboxylic acids is 2. The van der Waals surface area contributed by atoms with Crippen molar-refractivity contribution in [1.29, 1.82) is 0 Å². The average Bonchev–Trinajstić information content (AvgIpc) is 3.20. The SMILES string of the molecule is COc1ccc(-c2nc(COC(=O)COc3ccccc3C(N)=O)cs2)cc1. The van der Waals surface area contributed by atoms with E-state index in [0.717, 1.165) is 16.3 Å². The van der Waals surface area contributed by atoms with E-state index in [1.165, 1.54) is 17.4 Å². The predicted octanol–water partition coefficient (Wildman–Crippen LogP) is 3.04. The monoisotopic (exact) mass is 398 g/mol. The molecule has 3 aromatic rings. The lowest BCUT2D eigenvalue weighted by molar-refractivity contribution is -0.147. The molecule has 0 saturated heterocycles. The molecule has 0 aliphatic carbocycles. The molecule has 144 valence electrons. The molecular weight excluding hydrogens is 380 g/mol. The van der Waals surface area contributed by atoms with Gasteiger partial charge in [0.05, 0.1) is 18.4 Å². The topological polar surface area (TPSA) is 101 Å². The highest BCUT2D eigenvalue weighted by Crippen LogP contribution is 2.26. The lowest BCUT2D eigenvalue weighted by Gasteiger charge is -2.08. The van der Waals surface area contributed by atoms with Crippen LogP contribution in [0.1, 0.15) is 16.1 Å². The van der Waals surface area contributed by atoms with Gasteiger partial charge in [-0.25, -0.2) is 9.78 Å². The van der Waals surface area contributed by atoms with Gasteiger partial charge >= 0.3 is 5.97 Å². The minimum absolute atomic E-state index is 0.0340. The van der Waals surface area contributed by atoms with Crippen molar-refractivity contribution in [3.8, 4) is 22.1 Å². The molecule has 0 unspecified atom stereocenters. The first kappa shape index (κ1) is 19.4. The molecule has 0 aliphatic heterocycles. The molecule has 28 heavy (non-hydrogen) atoms.